The molecule has 0 bridgehead atoms. The van der Waals surface area contributed by atoms with Gasteiger partial charge in [-0.1, -0.05) is 42.5 Å². The number of Topliss-reactive ketones (excluding diaryl/α,β-unsaturated/α-hetero) is 1. The van der Waals surface area contributed by atoms with Gasteiger partial charge in [0.25, 0.3) is 0 Å². The molecule has 8 heteroatoms. The van der Waals surface area contributed by atoms with Crippen molar-refractivity contribution in [3.05, 3.63) is 107 Å². The van der Waals surface area contributed by atoms with Crippen molar-refractivity contribution < 1.29 is 22.7 Å². The molecular weight excluding hydrogens is 509 g/mol. The number of alkyl halides is 3. The number of ether oxygens (including phenoxy) is 1. The molecule has 0 aliphatic carbocycles. The van der Waals surface area contributed by atoms with E-state index in [1.807, 2.05) is 53.2 Å². The van der Waals surface area contributed by atoms with Crippen molar-refractivity contribution in [2.24, 2.45) is 0 Å². The second-order valence-corrected chi connectivity index (χ2v) is 10.2. The lowest BCUT2D eigenvalue weighted by Gasteiger charge is -2.08. The van der Waals surface area contributed by atoms with Crippen LogP contribution in [0.5, 0.6) is 5.75 Å². The van der Waals surface area contributed by atoms with E-state index in [9.17, 15) is 18.0 Å². The number of hydrogen-bond acceptors (Lipinski definition) is 4. The van der Waals surface area contributed by atoms with Crippen molar-refractivity contribution in [2.75, 3.05) is 0 Å². The number of aromatic nitrogens is 2. The number of benzene rings is 3. The maximum Gasteiger partial charge on any atom is 0.416 e. The first kappa shape index (κ1) is 25.7. The highest BCUT2D eigenvalue weighted by Gasteiger charge is 2.30. The monoisotopic (exact) mass is 534 g/mol. The first-order valence-electron chi connectivity index (χ1n) is 12.2. The van der Waals surface area contributed by atoms with Crippen LogP contribution >= 0.6 is 11.3 Å². The van der Waals surface area contributed by atoms with Crippen LogP contribution in [-0.4, -0.2) is 15.3 Å². The molecule has 5 rings (SSSR count). The average molecular weight is 535 g/mol. The van der Waals surface area contributed by atoms with Crippen LogP contribution < -0.4 is 4.74 Å². The van der Waals surface area contributed by atoms with Gasteiger partial charge in [0.2, 0.25) is 0 Å². The Morgan fingerprint density at radius 2 is 1.74 bits per heavy atom. The Balaban J connectivity index is 1.38. The fourth-order valence-corrected chi connectivity index (χ4v) is 5.35. The zero-order chi connectivity index (χ0) is 26.7. The number of fused-ring (bicyclic) bond motifs is 1. The van der Waals surface area contributed by atoms with E-state index in [4.69, 9.17) is 9.72 Å². The van der Waals surface area contributed by atoms with E-state index in [0.717, 1.165) is 40.0 Å². The van der Waals surface area contributed by atoms with Gasteiger partial charge in [0.15, 0.2) is 0 Å². The van der Waals surface area contributed by atoms with E-state index < -0.39 is 11.7 Å². The summed E-state index contributed by atoms with van der Waals surface area (Å²) >= 11 is 1.44. The maximum absolute atomic E-state index is 13.0. The molecule has 0 saturated heterocycles. The summed E-state index contributed by atoms with van der Waals surface area (Å²) in [6.07, 6.45) is -1.01. The minimum absolute atomic E-state index is 0.0832. The van der Waals surface area contributed by atoms with Gasteiger partial charge in [-0.15, -0.1) is 11.3 Å². The molecule has 5 aromatic rings. The van der Waals surface area contributed by atoms with Gasteiger partial charge in [0, 0.05) is 22.7 Å². The predicted molar refractivity (Wildman–Crippen MR) is 143 cm³/mol. The van der Waals surface area contributed by atoms with Crippen molar-refractivity contribution in [2.45, 2.75) is 39.1 Å². The highest BCUT2D eigenvalue weighted by molar-refractivity contribution is 7.15. The van der Waals surface area contributed by atoms with Gasteiger partial charge in [-0.05, 0) is 61.7 Å². The molecule has 2 heterocycles. The molecule has 0 radical (unpaired) electrons. The number of carbonyl (C=O) groups excluding carboxylic acids is 1. The fourth-order valence-electron chi connectivity index (χ4n) is 4.32. The molecule has 0 spiro atoms. The Morgan fingerprint density at radius 1 is 0.974 bits per heavy atom. The summed E-state index contributed by atoms with van der Waals surface area (Å²) in [6.45, 7) is 2.18. The van der Waals surface area contributed by atoms with Crippen molar-refractivity contribution >= 4 is 28.0 Å². The van der Waals surface area contributed by atoms with E-state index in [2.05, 4.69) is 12.1 Å². The van der Waals surface area contributed by atoms with Gasteiger partial charge in [-0.3, -0.25) is 4.79 Å². The molecule has 194 valence electrons. The van der Waals surface area contributed by atoms with Crippen LogP contribution in [0, 0.1) is 0 Å². The number of hydrogen-bond donors (Lipinski definition) is 0. The van der Waals surface area contributed by atoms with Crippen LogP contribution in [0.25, 0.3) is 21.5 Å². The lowest BCUT2D eigenvalue weighted by molar-refractivity contribution is -0.137. The van der Waals surface area contributed by atoms with Crippen LogP contribution in [0.4, 0.5) is 13.2 Å². The number of carbonyl (C=O) groups is 1. The highest BCUT2D eigenvalue weighted by Crippen LogP contribution is 2.34. The van der Waals surface area contributed by atoms with Crippen molar-refractivity contribution in [1.82, 2.24) is 9.55 Å². The Kier molecular flexibility index (Phi) is 7.33. The molecule has 0 saturated carbocycles. The topological polar surface area (TPSA) is 44.1 Å². The number of halogens is 3. The first-order valence-corrected chi connectivity index (χ1v) is 13.0. The first-order chi connectivity index (χ1) is 18.3. The third-order valence-corrected chi connectivity index (χ3v) is 7.36. The van der Waals surface area contributed by atoms with Crippen LogP contribution in [0.15, 0.2) is 85.1 Å². The molecular formula is C30H25F3N2O2S. The van der Waals surface area contributed by atoms with Gasteiger partial charge < -0.3 is 9.30 Å². The molecule has 0 amide bonds. The van der Waals surface area contributed by atoms with Gasteiger partial charge in [-0.25, -0.2) is 4.98 Å². The molecule has 0 aliphatic rings. The highest BCUT2D eigenvalue weighted by atomic mass is 32.1. The van der Waals surface area contributed by atoms with Gasteiger partial charge in [-0.2, -0.15) is 13.2 Å². The predicted octanol–water partition coefficient (Wildman–Crippen LogP) is 7.74. The van der Waals surface area contributed by atoms with Gasteiger partial charge in [0.05, 0.1) is 22.7 Å². The molecule has 2 aromatic heterocycles. The average Bonchev–Trinajstić information content (AvgIpc) is 3.50. The van der Waals surface area contributed by atoms with E-state index in [1.54, 1.807) is 6.92 Å². The molecule has 0 unspecified atom stereocenters. The normalized spacial score (nSPS) is 11.7. The maximum atomic E-state index is 13.0. The fraction of sp³-hybridized carbons (Fsp3) is 0.200. The summed E-state index contributed by atoms with van der Waals surface area (Å²) in [5.74, 6) is 0.775. The molecule has 0 atom stereocenters. The Hall–Kier alpha value is -3.91. The van der Waals surface area contributed by atoms with E-state index >= 15 is 0 Å². The molecule has 38 heavy (non-hydrogen) atoms. The number of thiazole rings is 1. The van der Waals surface area contributed by atoms with Gasteiger partial charge >= 0.3 is 6.18 Å². The number of rotatable bonds is 9. The Bertz CT molecular complexity index is 1550. The Labute approximate surface area is 222 Å². The standard InChI is InChI=1S/C30H25F3N2O2S/c1-20(36)18-35-16-15-23-17-25(12-14-27(23)35)37-19-28-26(13-7-21-5-3-2-4-6-21)34-29(38-28)22-8-10-24(11-9-22)30(31,32)33/h2-6,8-12,14-17H,7,13,18-19H2,1H3. The minimum atomic E-state index is -4.38. The second kappa shape index (κ2) is 10.8. The van der Waals surface area contributed by atoms with Crippen LogP contribution in [0.2, 0.25) is 0 Å². The molecule has 0 fully saturated rings. The largest absolute Gasteiger partial charge is 0.488 e. The SMILES string of the molecule is CC(=O)Cn1ccc2cc(OCc3sc(-c4ccc(C(F)(F)F)cc4)nc3CCc3ccccc3)ccc21. The number of ketones is 1. The van der Waals surface area contributed by atoms with E-state index in [-0.39, 0.29) is 5.78 Å². The summed E-state index contributed by atoms with van der Waals surface area (Å²) < 4.78 is 47.1. The minimum Gasteiger partial charge on any atom is -0.488 e. The third-order valence-electron chi connectivity index (χ3n) is 6.24. The van der Waals surface area contributed by atoms with E-state index in [1.165, 1.54) is 29.0 Å². The summed E-state index contributed by atoms with van der Waals surface area (Å²) in [4.78, 5) is 17.3. The summed E-state index contributed by atoms with van der Waals surface area (Å²) in [5, 5.41) is 1.64. The van der Waals surface area contributed by atoms with Crippen molar-refractivity contribution in [1.29, 1.82) is 0 Å². The number of aryl methyl sites for hydroxylation is 2. The lowest BCUT2D eigenvalue weighted by atomic mass is 10.1. The second-order valence-electron chi connectivity index (χ2n) is 9.10. The van der Waals surface area contributed by atoms with Crippen LogP contribution in [0.1, 0.15) is 28.6 Å². The van der Waals surface area contributed by atoms with Crippen molar-refractivity contribution in [3.8, 4) is 16.3 Å². The quantitative estimate of drug-likeness (QED) is 0.194. The zero-order valence-corrected chi connectivity index (χ0v) is 21.5. The summed E-state index contributed by atoms with van der Waals surface area (Å²) in [7, 11) is 0. The van der Waals surface area contributed by atoms with Gasteiger partial charge in [0.1, 0.15) is 23.1 Å². The summed E-state index contributed by atoms with van der Waals surface area (Å²) in [6, 6.07) is 22.9. The third kappa shape index (κ3) is 5.97. The molecule has 4 nitrogen and oxygen atoms in total. The zero-order valence-electron chi connectivity index (χ0n) is 20.7. The summed E-state index contributed by atoms with van der Waals surface area (Å²) in [5.41, 5.74) is 2.98. The van der Waals surface area contributed by atoms with Crippen LogP contribution in [-0.2, 0) is 37.0 Å². The van der Waals surface area contributed by atoms with E-state index in [0.29, 0.717) is 35.9 Å². The number of nitrogens with zero attached hydrogens (tertiary/aromatic N) is 2. The van der Waals surface area contributed by atoms with Crippen LogP contribution in [0.3, 0.4) is 0 Å². The van der Waals surface area contributed by atoms with Crippen molar-refractivity contribution in [3.63, 3.8) is 0 Å². The molecule has 3 aromatic carbocycles. The molecule has 0 aliphatic heterocycles. The Morgan fingerprint density at radius 3 is 2.45 bits per heavy atom. The lowest BCUT2D eigenvalue weighted by Crippen LogP contribution is -2.04. The smallest absolute Gasteiger partial charge is 0.416 e. The molecule has 0 N–H and O–H groups in total.